The van der Waals surface area contributed by atoms with Crippen molar-refractivity contribution in [2.45, 2.75) is 111 Å². The molecule has 0 spiro atoms. The summed E-state index contributed by atoms with van der Waals surface area (Å²) in [5, 5.41) is 0. The minimum absolute atomic E-state index is 0.0233. The van der Waals surface area contributed by atoms with Gasteiger partial charge in [-0.25, -0.2) is 0 Å². The molecule has 0 aromatic heterocycles. The second-order valence-corrected chi connectivity index (χ2v) is 7.38. The molecule has 0 radical (unpaired) electrons. The molecule has 0 saturated heterocycles. The first-order chi connectivity index (χ1) is 12.1. The topological polar surface area (TPSA) is 52.6 Å². The van der Waals surface area contributed by atoms with Gasteiger partial charge in [0.15, 0.2) is 0 Å². The van der Waals surface area contributed by atoms with Crippen LogP contribution in [0.5, 0.6) is 0 Å². The Balaban J connectivity index is 2.54. The molecule has 0 bridgehead atoms. The third kappa shape index (κ3) is 7.37. The van der Waals surface area contributed by atoms with E-state index in [1.54, 1.807) is 0 Å². The number of rotatable bonds is 12. The van der Waals surface area contributed by atoms with Gasteiger partial charge in [-0.3, -0.25) is 9.59 Å². The molecule has 2 unspecified atom stereocenters. The second kappa shape index (κ2) is 12.3. The zero-order valence-electron chi connectivity index (χ0n) is 16.7. The van der Waals surface area contributed by atoms with Crippen LogP contribution in [0.25, 0.3) is 0 Å². The Morgan fingerprint density at radius 2 is 1.20 bits per heavy atom. The number of hydrogen-bond acceptors (Lipinski definition) is 4. The molecule has 4 nitrogen and oxygen atoms in total. The summed E-state index contributed by atoms with van der Waals surface area (Å²) >= 11 is 0. The third-order valence-electron chi connectivity index (χ3n) is 5.39. The standard InChI is InChI=1S/C21H38O4/c1-5-9-12-16(7-3)20(22)24-18-14-11-15-19(18)25-21(23)17(8-4)13-10-6-2/h16-19H,5-15H2,1-4H3/t16?,17?,18-,19-/m1/s1. The quantitative estimate of drug-likeness (QED) is 0.439. The van der Waals surface area contributed by atoms with Crippen LogP contribution in [0.3, 0.4) is 0 Å². The Hall–Kier alpha value is -1.06. The van der Waals surface area contributed by atoms with Gasteiger partial charge >= 0.3 is 11.9 Å². The van der Waals surface area contributed by atoms with E-state index in [1.807, 2.05) is 13.8 Å². The molecule has 0 N–H and O–H groups in total. The van der Waals surface area contributed by atoms with Crippen molar-refractivity contribution in [3.8, 4) is 0 Å². The molecule has 4 atom stereocenters. The van der Waals surface area contributed by atoms with Gasteiger partial charge < -0.3 is 9.47 Å². The van der Waals surface area contributed by atoms with Crippen LogP contribution >= 0.6 is 0 Å². The van der Waals surface area contributed by atoms with E-state index >= 15 is 0 Å². The van der Waals surface area contributed by atoms with E-state index in [-0.39, 0.29) is 36.0 Å². The monoisotopic (exact) mass is 354 g/mol. The van der Waals surface area contributed by atoms with E-state index in [0.717, 1.165) is 70.6 Å². The fourth-order valence-corrected chi connectivity index (χ4v) is 3.53. The SMILES string of the molecule is CCCCC(CC)C(=O)O[C@@H]1CCC[C@H]1OC(=O)C(CC)CCCC. The highest BCUT2D eigenvalue weighted by Gasteiger charge is 2.35. The van der Waals surface area contributed by atoms with Crippen molar-refractivity contribution in [3.05, 3.63) is 0 Å². The van der Waals surface area contributed by atoms with Gasteiger partial charge in [0.1, 0.15) is 12.2 Å². The molecule has 0 amide bonds. The number of ether oxygens (including phenoxy) is 2. The molecule has 25 heavy (non-hydrogen) atoms. The lowest BCUT2D eigenvalue weighted by molar-refractivity contribution is -0.171. The molecular formula is C21H38O4. The van der Waals surface area contributed by atoms with Crippen molar-refractivity contribution in [2.24, 2.45) is 11.8 Å². The fourth-order valence-electron chi connectivity index (χ4n) is 3.53. The van der Waals surface area contributed by atoms with Crippen molar-refractivity contribution in [1.29, 1.82) is 0 Å². The van der Waals surface area contributed by atoms with Crippen LogP contribution in [0.1, 0.15) is 98.3 Å². The van der Waals surface area contributed by atoms with Crippen molar-refractivity contribution < 1.29 is 19.1 Å². The van der Waals surface area contributed by atoms with Crippen molar-refractivity contribution >= 4 is 11.9 Å². The summed E-state index contributed by atoms with van der Waals surface area (Å²) < 4.78 is 11.5. The lowest BCUT2D eigenvalue weighted by Crippen LogP contribution is -2.34. The van der Waals surface area contributed by atoms with Gasteiger partial charge in [0.05, 0.1) is 11.8 Å². The molecule has 0 aromatic rings. The van der Waals surface area contributed by atoms with E-state index < -0.39 is 0 Å². The molecule has 4 heteroatoms. The van der Waals surface area contributed by atoms with Crippen LogP contribution in [0, 0.1) is 11.8 Å². The highest BCUT2D eigenvalue weighted by Crippen LogP contribution is 2.28. The molecular weight excluding hydrogens is 316 g/mol. The molecule has 0 heterocycles. The third-order valence-corrected chi connectivity index (χ3v) is 5.39. The summed E-state index contributed by atoms with van der Waals surface area (Å²) in [5.41, 5.74) is 0. The Kier molecular flexibility index (Phi) is 10.8. The largest absolute Gasteiger partial charge is 0.458 e. The first kappa shape index (κ1) is 22.0. The minimum atomic E-state index is -0.254. The molecule has 1 fully saturated rings. The van der Waals surface area contributed by atoms with E-state index in [1.165, 1.54) is 0 Å². The van der Waals surface area contributed by atoms with Crippen LogP contribution in [0.15, 0.2) is 0 Å². The van der Waals surface area contributed by atoms with Crippen LogP contribution in [0.4, 0.5) is 0 Å². The smallest absolute Gasteiger partial charge is 0.309 e. The first-order valence-corrected chi connectivity index (χ1v) is 10.5. The normalized spacial score (nSPS) is 22.4. The van der Waals surface area contributed by atoms with Gasteiger partial charge in [0.2, 0.25) is 0 Å². The number of carbonyl (C=O) groups is 2. The molecule has 1 aliphatic rings. The Bertz CT molecular complexity index is 357. The van der Waals surface area contributed by atoms with Gasteiger partial charge in [0.25, 0.3) is 0 Å². The van der Waals surface area contributed by atoms with E-state index in [0.29, 0.717) is 0 Å². The number of unbranched alkanes of at least 4 members (excludes halogenated alkanes) is 2. The van der Waals surface area contributed by atoms with Gasteiger partial charge in [0, 0.05) is 0 Å². The van der Waals surface area contributed by atoms with E-state index in [9.17, 15) is 9.59 Å². The van der Waals surface area contributed by atoms with Gasteiger partial charge in [-0.15, -0.1) is 0 Å². The summed E-state index contributed by atoms with van der Waals surface area (Å²) in [4.78, 5) is 24.9. The van der Waals surface area contributed by atoms with Crippen molar-refractivity contribution in [2.75, 3.05) is 0 Å². The predicted molar refractivity (Wildman–Crippen MR) is 100 cm³/mol. The first-order valence-electron chi connectivity index (χ1n) is 10.5. The summed E-state index contributed by atoms with van der Waals surface area (Å²) in [6.07, 6.45) is 9.72. The molecule has 1 rings (SSSR count). The number of hydrogen-bond donors (Lipinski definition) is 0. The predicted octanol–water partition coefficient (Wildman–Crippen LogP) is 5.43. The maximum atomic E-state index is 12.4. The van der Waals surface area contributed by atoms with Gasteiger partial charge in [-0.1, -0.05) is 53.4 Å². The maximum absolute atomic E-state index is 12.4. The molecule has 1 saturated carbocycles. The summed E-state index contributed by atoms with van der Waals surface area (Å²) in [5.74, 6) is -0.265. The van der Waals surface area contributed by atoms with E-state index in [4.69, 9.17) is 9.47 Å². The molecule has 0 aliphatic heterocycles. The lowest BCUT2D eigenvalue weighted by Gasteiger charge is -2.24. The Morgan fingerprint density at radius 1 is 0.800 bits per heavy atom. The van der Waals surface area contributed by atoms with Gasteiger partial charge in [-0.05, 0) is 44.9 Å². The van der Waals surface area contributed by atoms with Crippen LogP contribution < -0.4 is 0 Å². The highest BCUT2D eigenvalue weighted by molar-refractivity contribution is 5.73. The van der Waals surface area contributed by atoms with Gasteiger partial charge in [-0.2, -0.15) is 0 Å². The van der Waals surface area contributed by atoms with Crippen LogP contribution in [-0.4, -0.2) is 24.1 Å². The lowest BCUT2D eigenvalue weighted by atomic mass is 9.99. The summed E-state index contributed by atoms with van der Waals surface area (Å²) in [7, 11) is 0. The summed E-state index contributed by atoms with van der Waals surface area (Å²) in [6, 6.07) is 0. The average Bonchev–Trinajstić information content (AvgIpc) is 3.03. The van der Waals surface area contributed by atoms with Crippen molar-refractivity contribution in [1.82, 2.24) is 0 Å². The number of carbonyl (C=O) groups excluding carboxylic acids is 2. The second-order valence-electron chi connectivity index (χ2n) is 7.38. The molecule has 1 aliphatic carbocycles. The fraction of sp³-hybridized carbons (Fsp3) is 0.905. The van der Waals surface area contributed by atoms with E-state index in [2.05, 4.69) is 13.8 Å². The molecule has 0 aromatic carbocycles. The van der Waals surface area contributed by atoms with Crippen LogP contribution in [-0.2, 0) is 19.1 Å². The maximum Gasteiger partial charge on any atom is 0.309 e. The average molecular weight is 355 g/mol. The summed E-state index contributed by atoms with van der Waals surface area (Å²) in [6.45, 7) is 8.33. The highest BCUT2D eigenvalue weighted by atomic mass is 16.6. The zero-order valence-corrected chi connectivity index (χ0v) is 16.7. The zero-order chi connectivity index (χ0) is 18.7. The Labute approximate surface area is 154 Å². The number of esters is 2. The van der Waals surface area contributed by atoms with Crippen LogP contribution in [0.2, 0.25) is 0 Å². The Morgan fingerprint density at radius 3 is 1.52 bits per heavy atom. The molecule has 146 valence electrons. The van der Waals surface area contributed by atoms with Crippen molar-refractivity contribution in [3.63, 3.8) is 0 Å². The minimum Gasteiger partial charge on any atom is -0.458 e.